The van der Waals surface area contributed by atoms with Crippen molar-refractivity contribution in [3.8, 4) is 0 Å². The number of nitrogens with two attached hydrogens (primary N) is 1. The second kappa shape index (κ2) is 7.91. The van der Waals surface area contributed by atoms with Crippen LogP contribution in [0, 0.1) is 0 Å². The third-order valence-electron chi connectivity index (χ3n) is 4.66. The zero-order valence-electron chi connectivity index (χ0n) is 15.3. The summed E-state index contributed by atoms with van der Waals surface area (Å²) in [4.78, 5) is 11.6. The fourth-order valence-electron chi connectivity index (χ4n) is 2.40. The monoisotopic (exact) mass is 364 g/mol. The Morgan fingerprint density at radius 1 is 1.20 bits per heavy atom. The van der Waals surface area contributed by atoms with Crippen molar-refractivity contribution in [1.29, 1.82) is 0 Å². The number of halogens is 1. The molecule has 2 rings (SSSR count). The first-order valence-electron chi connectivity index (χ1n) is 8.40. The number of amides is 1. The van der Waals surface area contributed by atoms with E-state index in [-0.39, 0.29) is 5.91 Å². The average molecular weight is 365 g/mol. The van der Waals surface area contributed by atoms with Gasteiger partial charge in [-0.2, -0.15) is 0 Å². The first-order chi connectivity index (χ1) is 11.7. The molecule has 1 saturated heterocycles. The summed E-state index contributed by atoms with van der Waals surface area (Å²) in [6, 6.07) is 7.51. The lowest BCUT2D eigenvalue weighted by Gasteiger charge is -2.32. The van der Waals surface area contributed by atoms with E-state index < -0.39 is 18.3 Å². The Morgan fingerprint density at radius 3 is 2.24 bits per heavy atom. The highest BCUT2D eigenvalue weighted by atomic mass is 35.5. The molecule has 3 N–H and O–H groups in total. The lowest BCUT2D eigenvalue weighted by Crippen LogP contribution is -2.41. The molecule has 1 heterocycles. The van der Waals surface area contributed by atoms with Gasteiger partial charge in [0.05, 0.1) is 11.2 Å². The number of nitrogens with one attached hydrogen (secondary N) is 1. The van der Waals surface area contributed by atoms with E-state index in [0.29, 0.717) is 18.8 Å². The molecule has 1 aromatic rings. The fraction of sp³-hybridized carbons (Fsp3) is 0.500. The van der Waals surface area contributed by atoms with Crippen molar-refractivity contribution < 1.29 is 14.1 Å². The standard InChI is InChI=1S/C18H26BClN2O3/c1-17(2)18(3,4)25-19(24-17)14(12-21)11-13-5-7-15(8-6-13)22-16(23)9-10-20/h5-8,11H,9-10,12,21H2,1-4H3,(H,22,23). The molecular weight excluding hydrogens is 338 g/mol. The smallest absolute Gasteiger partial charge is 0.400 e. The molecule has 0 spiro atoms. The minimum absolute atomic E-state index is 0.0989. The van der Waals surface area contributed by atoms with Crippen molar-refractivity contribution in [2.45, 2.75) is 45.3 Å². The number of rotatable bonds is 6. The van der Waals surface area contributed by atoms with Gasteiger partial charge in [-0.25, -0.2) is 0 Å². The van der Waals surface area contributed by atoms with E-state index in [9.17, 15) is 4.79 Å². The second-order valence-electron chi connectivity index (χ2n) is 7.12. The number of alkyl halides is 1. The van der Waals surface area contributed by atoms with E-state index in [1.165, 1.54) is 0 Å². The van der Waals surface area contributed by atoms with Crippen molar-refractivity contribution in [1.82, 2.24) is 0 Å². The van der Waals surface area contributed by atoms with Gasteiger partial charge in [0.25, 0.3) is 0 Å². The van der Waals surface area contributed by atoms with Crippen LogP contribution in [0.4, 0.5) is 5.69 Å². The highest BCUT2D eigenvalue weighted by Crippen LogP contribution is 2.38. The molecule has 1 fully saturated rings. The maximum Gasteiger partial charge on any atom is 0.491 e. The van der Waals surface area contributed by atoms with Crippen LogP contribution in [0.3, 0.4) is 0 Å². The van der Waals surface area contributed by atoms with E-state index in [2.05, 4.69) is 5.32 Å². The van der Waals surface area contributed by atoms with Crippen LogP contribution >= 0.6 is 11.6 Å². The molecule has 0 atom stereocenters. The van der Waals surface area contributed by atoms with Crippen LogP contribution in [0.25, 0.3) is 6.08 Å². The number of carbonyl (C=O) groups is 1. The van der Waals surface area contributed by atoms with Crippen LogP contribution in [-0.4, -0.2) is 36.7 Å². The number of hydrogen-bond donors (Lipinski definition) is 2. The Hall–Kier alpha value is -1.34. The topological polar surface area (TPSA) is 73.6 Å². The van der Waals surface area contributed by atoms with Crippen LogP contribution in [0.2, 0.25) is 0 Å². The number of carbonyl (C=O) groups excluding carboxylic acids is 1. The van der Waals surface area contributed by atoms with Crippen LogP contribution < -0.4 is 11.1 Å². The van der Waals surface area contributed by atoms with Gasteiger partial charge in [0.2, 0.25) is 5.91 Å². The van der Waals surface area contributed by atoms with Crippen molar-refractivity contribution in [3.63, 3.8) is 0 Å². The Labute approximate surface area is 155 Å². The van der Waals surface area contributed by atoms with Gasteiger partial charge >= 0.3 is 7.12 Å². The molecule has 136 valence electrons. The summed E-state index contributed by atoms with van der Waals surface area (Å²) in [7, 11) is -0.460. The minimum Gasteiger partial charge on any atom is -0.400 e. The van der Waals surface area contributed by atoms with Gasteiger partial charge in [0.1, 0.15) is 0 Å². The highest BCUT2D eigenvalue weighted by molar-refractivity contribution is 6.55. The molecule has 1 aliphatic rings. The summed E-state index contributed by atoms with van der Waals surface area (Å²) in [5.41, 5.74) is 7.68. The maximum atomic E-state index is 11.6. The molecule has 0 radical (unpaired) electrons. The third-order valence-corrected chi connectivity index (χ3v) is 4.85. The number of anilines is 1. The Bertz CT molecular complexity index is 628. The Balaban J connectivity index is 2.11. The lowest BCUT2D eigenvalue weighted by molar-refractivity contribution is -0.115. The summed E-state index contributed by atoms with van der Waals surface area (Å²) < 4.78 is 12.1. The predicted octanol–water partition coefficient (Wildman–Crippen LogP) is 3.23. The Kier molecular flexibility index (Phi) is 6.33. The van der Waals surface area contributed by atoms with Gasteiger partial charge < -0.3 is 20.4 Å². The molecule has 5 nitrogen and oxygen atoms in total. The SMILES string of the molecule is CC1(C)OB(C(=Cc2ccc(NC(=O)CCCl)cc2)CN)OC1(C)C. The number of hydrogen-bond acceptors (Lipinski definition) is 4. The molecule has 1 aliphatic heterocycles. The minimum atomic E-state index is -0.460. The zero-order valence-corrected chi connectivity index (χ0v) is 16.0. The molecule has 0 unspecified atom stereocenters. The van der Waals surface area contributed by atoms with Gasteiger partial charge in [-0.1, -0.05) is 18.2 Å². The molecule has 0 aliphatic carbocycles. The summed E-state index contributed by atoms with van der Waals surface area (Å²) >= 11 is 5.56. The summed E-state index contributed by atoms with van der Waals surface area (Å²) in [5, 5.41) is 2.80. The van der Waals surface area contributed by atoms with Crippen LogP contribution in [0.1, 0.15) is 39.7 Å². The van der Waals surface area contributed by atoms with Gasteiger partial charge in [0.15, 0.2) is 0 Å². The average Bonchev–Trinajstić information content (AvgIpc) is 2.74. The van der Waals surface area contributed by atoms with Gasteiger partial charge in [0, 0.05) is 24.5 Å². The molecule has 0 bridgehead atoms. The van der Waals surface area contributed by atoms with Gasteiger partial charge in [-0.05, 0) is 50.9 Å². The zero-order chi connectivity index (χ0) is 18.7. The maximum absolute atomic E-state index is 11.6. The van der Waals surface area contributed by atoms with E-state index in [1.807, 2.05) is 58.0 Å². The van der Waals surface area contributed by atoms with Gasteiger partial charge in [-0.3, -0.25) is 4.79 Å². The van der Waals surface area contributed by atoms with Crippen LogP contribution in [0.5, 0.6) is 0 Å². The molecule has 1 amide bonds. The lowest BCUT2D eigenvalue weighted by atomic mass is 9.77. The summed E-state index contributed by atoms with van der Waals surface area (Å²) in [6.07, 6.45) is 2.26. The predicted molar refractivity (Wildman–Crippen MR) is 104 cm³/mol. The first kappa shape index (κ1) is 20.0. The van der Waals surface area contributed by atoms with Crippen molar-refractivity contribution >= 4 is 36.4 Å². The molecule has 0 aromatic heterocycles. The van der Waals surface area contributed by atoms with E-state index in [1.54, 1.807) is 0 Å². The Morgan fingerprint density at radius 2 is 1.76 bits per heavy atom. The molecule has 7 heteroatoms. The quantitative estimate of drug-likeness (QED) is 0.600. The van der Waals surface area contributed by atoms with Crippen molar-refractivity contribution in [2.24, 2.45) is 5.73 Å². The third kappa shape index (κ3) is 4.85. The molecule has 25 heavy (non-hydrogen) atoms. The van der Waals surface area contributed by atoms with Gasteiger partial charge in [-0.15, -0.1) is 11.6 Å². The first-order valence-corrected chi connectivity index (χ1v) is 8.94. The van der Waals surface area contributed by atoms with E-state index in [0.717, 1.165) is 16.7 Å². The molecule has 1 aromatic carbocycles. The van der Waals surface area contributed by atoms with Crippen LogP contribution in [-0.2, 0) is 14.1 Å². The second-order valence-corrected chi connectivity index (χ2v) is 7.50. The van der Waals surface area contributed by atoms with Crippen molar-refractivity contribution in [3.05, 3.63) is 35.3 Å². The number of benzene rings is 1. The van der Waals surface area contributed by atoms with E-state index in [4.69, 9.17) is 26.6 Å². The largest absolute Gasteiger partial charge is 0.491 e. The summed E-state index contributed by atoms with van der Waals surface area (Å²) in [5.74, 6) is 0.207. The van der Waals surface area contributed by atoms with Crippen molar-refractivity contribution in [2.75, 3.05) is 17.7 Å². The normalized spacial score (nSPS) is 19.1. The highest BCUT2D eigenvalue weighted by Gasteiger charge is 2.52. The summed E-state index contributed by atoms with van der Waals surface area (Å²) in [6.45, 7) is 8.39. The molecular formula is C18H26BClN2O3. The van der Waals surface area contributed by atoms with Crippen LogP contribution in [0.15, 0.2) is 29.7 Å². The molecule has 0 saturated carbocycles. The fourth-order valence-corrected chi connectivity index (χ4v) is 2.58. The van der Waals surface area contributed by atoms with E-state index >= 15 is 0 Å².